The van der Waals surface area contributed by atoms with E-state index < -0.39 is 0 Å². The molecule has 0 radical (unpaired) electrons. The summed E-state index contributed by atoms with van der Waals surface area (Å²) in [6, 6.07) is 12.0. The van der Waals surface area contributed by atoms with Gasteiger partial charge >= 0.3 is 0 Å². The van der Waals surface area contributed by atoms with Crippen molar-refractivity contribution in [1.82, 2.24) is 15.0 Å². The molecule has 0 bridgehead atoms. The second-order valence-electron chi connectivity index (χ2n) is 5.79. The molecule has 136 valence electrons. The first-order valence-corrected chi connectivity index (χ1v) is 8.13. The molecule has 27 heavy (non-hydrogen) atoms. The Morgan fingerprint density at radius 1 is 0.926 bits per heavy atom. The van der Waals surface area contributed by atoms with Crippen LogP contribution in [0.15, 0.2) is 47.0 Å². The van der Waals surface area contributed by atoms with Crippen LogP contribution < -0.4 is 9.47 Å². The molecule has 0 unspecified atom stereocenters. The highest BCUT2D eigenvalue weighted by Crippen LogP contribution is 2.36. The molecule has 0 fully saturated rings. The van der Waals surface area contributed by atoms with E-state index in [9.17, 15) is 9.59 Å². The normalized spacial score (nSPS) is 13.0. The van der Waals surface area contributed by atoms with Crippen molar-refractivity contribution < 1.29 is 23.6 Å². The average molecular weight is 365 g/mol. The Bertz CT molecular complexity index is 1010. The molecular weight excluding hydrogens is 350 g/mol. The molecule has 0 atom stereocenters. The van der Waals surface area contributed by atoms with Crippen LogP contribution in [-0.4, -0.2) is 41.1 Å². The topological polar surface area (TPSA) is 94.8 Å². The summed E-state index contributed by atoms with van der Waals surface area (Å²) < 4.78 is 15.9. The molecule has 1 aliphatic rings. The molecule has 0 saturated carbocycles. The van der Waals surface area contributed by atoms with Crippen LogP contribution in [0.5, 0.6) is 11.5 Å². The van der Waals surface area contributed by atoms with Crippen molar-refractivity contribution in [1.29, 1.82) is 0 Å². The number of fused-ring (bicyclic) bond motifs is 1. The van der Waals surface area contributed by atoms with Crippen LogP contribution >= 0.6 is 0 Å². The Morgan fingerprint density at radius 2 is 1.59 bits per heavy atom. The fraction of sp³-hybridized carbons (Fsp3) is 0.158. The molecule has 2 aromatic carbocycles. The maximum Gasteiger partial charge on any atom is 0.262 e. The fourth-order valence-corrected chi connectivity index (χ4v) is 3.01. The maximum atomic E-state index is 12.5. The minimum absolute atomic E-state index is 0.106. The number of ether oxygens (including phenoxy) is 2. The zero-order valence-electron chi connectivity index (χ0n) is 14.6. The van der Waals surface area contributed by atoms with Crippen LogP contribution in [0.3, 0.4) is 0 Å². The predicted molar refractivity (Wildman–Crippen MR) is 93.5 cm³/mol. The first kappa shape index (κ1) is 16.8. The monoisotopic (exact) mass is 365 g/mol. The van der Waals surface area contributed by atoms with Gasteiger partial charge in [0.25, 0.3) is 11.8 Å². The number of imide groups is 1. The van der Waals surface area contributed by atoms with Crippen molar-refractivity contribution in [3.63, 3.8) is 0 Å². The number of benzene rings is 2. The van der Waals surface area contributed by atoms with E-state index in [1.54, 1.807) is 42.5 Å². The van der Waals surface area contributed by atoms with Gasteiger partial charge in [0.05, 0.1) is 30.9 Å². The van der Waals surface area contributed by atoms with E-state index in [1.165, 1.54) is 14.2 Å². The lowest BCUT2D eigenvalue weighted by Crippen LogP contribution is -2.29. The molecule has 1 aromatic heterocycles. The molecule has 2 heterocycles. The molecule has 8 nitrogen and oxygen atoms in total. The molecular formula is C19H15N3O5. The Labute approximate surface area is 154 Å². The second-order valence-corrected chi connectivity index (χ2v) is 5.79. The van der Waals surface area contributed by atoms with Crippen molar-refractivity contribution in [3.8, 4) is 22.9 Å². The first-order valence-electron chi connectivity index (χ1n) is 8.13. The third-order valence-corrected chi connectivity index (χ3v) is 4.28. The van der Waals surface area contributed by atoms with Gasteiger partial charge in [0.15, 0.2) is 11.5 Å². The molecule has 2 amide bonds. The largest absolute Gasteiger partial charge is 0.493 e. The number of aromatic nitrogens is 2. The standard InChI is InChI=1S/C19H15N3O5/c1-25-14-9-5-8-13(16(14)26-2)17-20-15(27-21-17)10-22-18(23)11-6-3-4-7-12(11)19(22)24/h3-9H,10H2,1-2H3. The van der Waals surface area contributed by atoms with Gasteiger partial charge in [-0.2, -0.15) is 4.98 Å². The smallest absolute Gasteiger partial charge is 0.262 e. The fourth-order valence-electron chi connectivity index (χ4n) is 3.01. The van der Waals surface area contributed by atoms with E-state index in [4.69, 9.17) is 14.0 Å². The number of hydrogen-bond acceptors (Lipinski definition) is 7. The van der Waals surface area contributed by atoms with E-state index in [1.807, 2.05) is 0 Å². The Hall–Kier alpha value is -3.68. The van der Waals surface area contributed by atoms with Gasteiger partial charge in [-0.05, 0) is 24.3 Å². The van der Waals surface area contributed by atoms with Gasteiger partial charge in [-0.25, -0.2) is 0 Å². The highest BCUT2D eigenvalue weighted by molar-refractivity contribution is 6.21. The van der Waals surface area contributed by atoms with Crippen molar-refractivity contribution in [2.24, 2.45) is 0 Å². The summed E-state index contributed by atoms with van der Waals surface area (Å²) in [6.45, 7) is -0.106. The maximum absolute atomic E-state index is 12.5. The van der Waals surface area contributed by atoms with Gasteiger partial charge in [0.2, 0.25) is 11.7 Å². The van der Waals surface area contributed by atoms with Gasteiger partial charge in [0.1, 0.15) is 6.54 Å². The SMILES string of the molecule is COc1cccc(-c2noc(CN3C(=O)c4ccccc4C3=O)n2)c1OC. The minimum atomic E-state index is -0.380. The van der Waals surface area contributed by atoms with Crippen molar-refractivity contribution >= 4 is 11.8 Å². The van der Waals surface area contributed by atoms with E-state index in [-0.39, 0.29) is 30.1 Å². The molecule has 0 aliphatic carbocycles. The van der Waals surface area contributed by atoms with E-state index in [0.717, 1.165) is 4.90 Å². The molecule has 0 N–H and O–H groups in total. The molecule has 3 aromatic rings. The minimum Gasteiger partial charge on any atom is -0.493 e. The lowest BCUT2D eigenvalue weighted by atomic mass is 10.1. The molecule has 0 saturated heterocycles. The quantitative estimate of drug-likeness (QED) is 0.641. The third kappa shape index (κ3) is 2.71. The number of hydrogen-bond donors (Lipinski definition) is 0. The summed E-state index contributed by atoms with van der Waals surface area (Å²) >= 11 is 0. The van der Waals surface area contributed by atoms with Crippen LogP contribution in [-0.2, 0) is 6.54 Å². The van der Waals surface area contributed by atoms with Crippen LogP contribution in [0.4, 0.5) is 0 Å². The lowest BCUT2D eigenvalue weighted by molar-refractivity contribution is 0.0625. The summed E-state index contributed by atoms with van der Waals surface area (Å²) in [5.74, 6) is 0.653. The summed E-state index contributed by atoms with van der Waals surface area (Å²) in [7, 11) is 3.05. The second kappa shape index (κ2) is 6.56. The number of carbonyl (C=O) groups is 2. The number of para-hydroxylation sites is 1. The van der Waals surface area contributed by atoms with E-state index >= 15 is 0 Å². The molecule has 8 heteroatoms. The van der Waals surface area contributed by atoms with Gasteiger partial charge in [-0.15, -0.1) is 0 Å². The third-order valence-electron chi connectivity index (χ3n) is 4.28. The Morgan fingerprint density at radius 3 is 2.22 bits per heavy atom. The summed E-state index contributed by atoms with van der Waals surface area (Å²) in [4.78, 5) is 30.3. The number of carbonyl (C=O) groups excluding carboxylic acids is 2. The van der Waals surface area contributed by atoms with Crippen LogP contribution in [0.25, 0.3) is 11.4 Å². The highest BCUT2D eigenvalue weighted by Gasteiger charge is 2.36. The molecule has 1 aliphatic heterocycles. The summed E-state index contributed by atoms with van der Waals surface area (Å²) in [5, 5.41) is 3.94. The number of methoxy groups -OCH3 is 2. The Kier molecular flexibility index (Phi) is 4.08. The lowest BCUT2D eigenvalue weighted by Gasteiger charge is -2.10. The number of nitrogens with zero attached hydrogens (tertiary/aromatic N) is 3. The summed E-state index contributed by atoms with van der Waals surface area (Å²) in [6.07, 6.45) is 0. The number of rotatable bonds is 5. The van der Waals surface area contributed by atoms with Gasteiger partial charge in [-0.3, -0.25) is 14.5 Å². The van der Waals surface area contributed by atoms with Crippen molar-refractivity contribution in [3.05, 3.63) is 59.5 Å². The van der Waals surface area contributed by atoms with Gasteiger partial charge in [-0.1, -0.05) is 23.4 Å². The van der Waals surface area contributed by atoms with Crippen molar-refractivity contribution in [2.45, 2.75) is 6.54 Å². The van der Waals surface area contributed by atoms with Crippen molar-refractivity contribution in [2.75, 3.05) is 14.2 Å². The summed E-state index contributed by atoms with van der Waals surface area (Å²) in [5.41, 5.74) is 1.32. The van der Waals surface area contributed by atoms with Crippen LogP contribution in [0.2, 0.25) is 0 Å². The zero-order chi connectivity index (χ0) is 19.0. The van der Waals surface area contributed by atoms with Gasteiger partial charge < -0.3 is 14.0 Å². The van der Waals surface area contributed by atoms with E-state index in [0.29, 0.717) is 28.2 Å². The highest BCUT2D eigenvalue weighted by atomic mass is 16.5. The molecule has 4 rings (SSSR count). The van der Waals surface area contributed by atoms with Crippen LogP contribution in [0.1, 0.15) is 26.6 Å². The zero-order valence-corrected chi connectivity index (χ0v) is 14.6. The predicted octanol–water partition coefficient (Wildman–Crippen LogP) is 2.55. The molecule has 0 spiro atoms. The number of amides is 2. The Balaban J connectivity index is 1.62. The first-order chi connectivity index (χ1) is 13.1. The van der Waals surface area contributed by atoms with Gasteiger partial charge in [0, 0.05) is 0 Å². The van der Waals surface area contributed by atoms with E-state index in [2.05, 4.69) is 10.1 Å². The van der Waals surface area contributed by atoms with Crippen LogP contribution in [0, 0.1) is 0 Å². The average Bonchev–Trinajstić information content (AvgIpc) is 3.27.